The molecule has 0 aliphatic carbocycles. The van der Waals surface area contributed by atoms with Gasteiger partial charge in [0.2, 0.25) is 0 Å². The van der Waals surface area contributed by atoms with Gasteiger partial charge in [-0.2, -0.15) is 0 Å². The van der Waals surface area contributed by atoms with Crippen LogP contribution in [0.2, 0.25) is 10.0 Å². The first-order valence-corrected chi connectivity index (χ1v) is 8.44. The van der Waals surface area contributed by atoms with Crippen molar-refractivity contribution in [1.82, 2.24) is 9.97 Å². The summed E-state index contributed by atoms with van der Waals surface area (Å²) >= 11 is 14.1. The van der Waals surface area contributed by atoms with Crippen LogP contribution >= 0.6 is 34.5 Å². The molecule has 21 heavy (non-hydrogen) atoms. The van der Waals surface area contributed by atoms with Crippen molar-refractivity contribution < 1.29 is 0 Å². The van der Waals surface area contributed by atoms with Crippen LogP contribution in [0, 0.1) is 0 Å². The van der Waals surface area contributed by atoms with Crippen molar-refractivity contribution in [2.45, 2.75) is 19.3 Å². The molecular formula is C15H15Cl2N3S. The third-order valence-electron chi connectivity index (χ3n) is 3.46. The van der Waals surface area contributed by atoms with Crippen LogP contribution in [0.5, 0.6) is 0 Å². The summed E-state index contributed by atoms with van der Waals surface area (Å²) in [6.07, 6.45) is 4.77. The topological polar surface area (TPSA) is 54.7 Å². The lowest BCUT2D eigenvalue weighted by atomic mass is 10.0. The fourth-order valence-electron chi connectivity index (χ4n) is 2.51. The number of halogens is 2. The zero-order valence-electron chi connectivity index (χ0n) is 11.3. The molecule has 110 valence electrons. The van der Waals surface area contributed by atoms with Gasteiger partial charge in [0.15, 0.2) is 0 Å². The summed E-state index contributed by atoms with van der Waals surface area (Å²) in [5.41, 5.74) is 8.79. The van der Waals surface area contributed by atoms with Crippen LogP contribution in [-0.4, -0.2) is 16.5 Å². The Morgan fingerprint density at radius 2 is 2.10 bits per heavy atom. The van der Waals surface area contributed by atoms with E-state index in [4.69, 9.17) is 28.9 Å². The molecule has 0 saturated carbocycles. The van der Waals surface area contributed by atoms with Crippen molar-refractivity contribution in [2.24, 2.45) is 5.73 Å². The number of aromatic amines is 1. The molecule has 3 rings (SSSR count). The number of fused-ring (bicyclic) bond motifs is 1. The summed E-state index contributed by atoms with van der Waals surface area (Å²) in [5, 5.41) is 5.31. The second kappa shape index (κ2) is 6.36. The van der Waals surface area contributed by atoms with Crippen molar-refractivity contribution in [3.63, 3.8) is 0 Å². The van der Waals surface area contributed by atoms with Crippen molar-refractivity contribution in [3.8, 4) is 10.7 Å². The summed E-state index contributed by atoms with van der Waals surface area (Å²) < 4.78 is 0. The minimum atomic E-state index is 0.639. The Morgan fingerprint density at radius 1 is 1.24 bits per heavy atom. The first-order valence-electron chi connectivity index (χ1n) is 6.80. The quantitative estimate of drug-likeness (QED) is 0.651. The zero-order valence-corrected chi connectivity index (χ0v) is 13.7. The molecule has 0 amide bonds. The summed E-state index contributed by atoms with van der Waals surface area (Å²) in [4.78, 5) is 7.82. The first kappa shape index (κ1) is 14.9. The van der Waals surface area contributed by atoms with E-state index in [1.165, 1.54) is 5.56 Å². The molecule has 0 saturated heterocycles. The SMILES string of the molecule is NCCCCc1c(-c2nccs2)[nH]c2c(Cl)cc(Cl)cc12. The van der Waals surface area contributed by atoms with E-state index in [1.54, 1.807) is 17.4 Å². The second-order valence-electron chi connectivity index (χ2n) is 4.87. The van der Waals surface area contributed by atoms with Crippen LogP contribution < -0.4 is 5.73 Å². The van der Waals surface area contributed by atoms with Gasteiger partial charge in [0.25, 0.3) is 0 Å². The molecule has 0 radical (unpaired) electrons. The molecule has 0 spiro atoms. The van der Waals surface area contributed by atoms with Gasteiger partial charge >= 0.3 is 0 Å². The van der Waals surface area contributed by atoms with Crippen molar-refractivity contribution in [2.75, 3.05) is 6.54 Å². The average molecular weight is 340 g/mol. The van der Waals surface area contributed by atoms with Crippen molar-refractivity contribution >= 4 is 45.4 Å². The number of thiazole rings is 1. The first-order chi connectivity index (χ1) is 10.2. The Hall–Kier alpha value is -1.07. The smallest absolute Gasteiger partial charge is 0.139 e. The molecule has 2 aromatic heterocycles. The van der Waals surface area contributed by atoms with Gasteiger partial charge in [0, 0.05) is 22.0 Å². The Labute approximate surface area is 137 Å². The highest BCUT2D eigenvalue weighted by molar-refractivity contribution is 7.13. The number of nitrogens with two attached hydrogens (primary N) is 1. The number of nitrogens with one attached hydrogen (secondary N) is 1. The summed E-state index contributed by atoms with van der Waals surface area (Å²) in [7, 11) is 0. The molecule has 0 bridgehead atoms. The lowest BCUT2D eigenvalue weighted by molar-refractivity contribution is 0.748. The molecule has 3 aromatic rings. The van der Waals surface area contributed by atoms with E-state index in [-0.39, 0.29) is 0 Å². The number of H-pyrrole nitrogens is 1. The third kappa shape index (κ3) is 2.94. The van der Waals surface area contributed by atoms with Crippen LogP contribution in [0.25, 0.3) is 21.6 Å². The predicted octanol–water partition coefficient (Wildman–Crippen LogP) is 4.88. The minimum absolute atomic E-state index is 0.639. The summed E-state index contributed by atoms with van der Waals surface area (Å²) in [5.74, 6) is 0. The Kier molecular flexibility index (Phi) is 4.50. The van der Waals surface area contributed by atoms with Gasteiger partial charge in [-0.1, -0.05) is 23.2 Å². The highest BCUT2D eigenvalue weighted by Crippen LogP contribution is 2.37. The normalized spacial score (nSPS) is 11.4. The zero-order chi connectivity index (χ0) is 14.8. The van der Waals surface area contributed by atoms with Crippen molar-refractivity contribution in [1.29, 1.82) is 0 Å². The third-order valence-corrected chi connectivity index (χ3v) is 4.77. The maximum atomic E-state index is 6.32. The number of benzene rings is 1. The van der Waals surface area contributed by atoms with Gasteiger partial charge in [-0.25, -0.2) is 4.98 Å². The van der Waals surface area contributed by atoms with Gasteiger partial charge < -0.3 is 10.7 Å². The molecule has 0 aliphatic rings. The molecule has 0 fully saturated rings. The highest BCUT2D eigenvalue weighted by Gasteiger charge is 2.17. The molecular weight excluding hydrogens is 325 g/mol. The Bertz CT molecular complexity index is 750. The lowest BCUT2D eigenvalue weighted by Crippen LogP contribution is -1.99. The summed E-state index contributed by atoms with van der Waals surface area (Å²) in [6, 6.07) is 3.73. The monoisotopic (exact) mass is 339 g/mol. The van der Waals surface area contributed by atoms with Crippen LogP contribution in [0.15, 0.2) is 23.7 Å². The van der Waals surface area contributed by atoms with E-state index in [0.29, 0.717) is 16.6 Å². The molecule has 3 nitrogen and oxygen atoms in total. The van der Waals surface area contributed by atoms with Crippen LogP contribution in [-0.2, 0) is 6.42 Å². The average Bonchev–Trinajstić information content (AvgIpc) is 3.07. The highest BCUT2D eigenvalue weighted by atomic mass is 35.5. The van der Waals surface area contributed by atoms with Gasteiger partial charge in [-0.15, -0.1) is 11.3 Å². The van der Waals surface area contributed by atoms with Crippen LogP contribution in [0.4, 0.5) is 0 Å². The van der Waals surface area contributed by atoms with E-state index in [1.807, 2.05) is 17.6 Å². The van der Waals surface area contributed by atoms with E-state index in [9.17, 15) is 0 Å². The van der Waals surface area contributed by atoms with Gasteiger partial charge in [0.05, 0.1) is 16.2 Å². The number of nitrogens with zero attached hydrogens (tertiary/aromatic N) is 1. The molecule has 6 heteroatoms. The van der Waals surface area contributed by atoms with Gasteiger partial charge in [-0.3, -0.25) is 0 Å². The number of aromatic nitrogens is 2. The minimum Gasteiger partial charge on any atom is -0.351 e. The Morgan fingerprint density at radius 3 is 2.81 bits per heavy atom. The number of hydrogen-bond acceptors (Lipinski definition) is 3. The molecule has 3 N–H and O–H groups in total. The maximum absolute atomic E-state index is 6.32. The largest absolute Gasteiger partial charge is 0.351 e. The number of rotatable bonds is 5. The van der Waals surface area contributed by atoms with E-state index in [2.05, 4.69) is 9.97 Å². The number of unbranched alkanes of at least 4 members (excludes halogenated alkanes) is 1. The summed E-state index contributed by atoms with van der Waals surface area (Å²) in [6.45, 7) is 0.705. The van der Waals surface area contributed by atoms with Crippen LogP contribution in [0.1, 0.15) is 18.4 Å². The van der Waals surface area contributed by atoms with E-state index >= 15 is 0 Å². The molecule has 0 atom stereocenters. The predicted molar refractivity (Wildman–Crippen MR) is 91.4 cm³/mol. The number of hydrogen-bond donors (Lipinski definition) is 2. The fourth-order valence-corrected chi connectivity index (χ4v) is 3.71. The standard InChI is InChI=1S/C15H15Cl2N3S/c16-9-7-11-10(3-1-2-4-18)14(15-19-5-6-21-15)20-13(11)12(17)8-9/h5-8,20H,1-4,18H2. The second-order valence-corrected chi connectivity index (χ2v) is 6.61. The maximum Gasteiger partial charge on any atom is 0.139 e. The Balaban J connectivity index is 2.16. The molecule has 2 heterocycles. The van der Waals surface area contributed by atoms with Crippen molar-refractivity contribution in [3.05, 3.63) is 39.3 Å². The lowest BCUT2D eigenvalue weighted by Gasteiger charge is -2.03. The molecule has 0 aliphatic heterocycles. The fraction of sp³-hybridized carbons (Fsp3) is 0.267. The van der Waals surface area contributed by atoms with E-state index in [0.717, 1.165) is 40.9 Å². The van der Waals surface area contributed by atoms with Gasteiger partial charge in [0.1, 0.15) is 5.01 Å². The van der Waals surface area contributed by atoms with E-state index < -0.39 is 0 Å². The van der Waals surface area contributed by atoms with Gasteiger partial charge in [-0.05, 0) is 43.5 Å². The molecule has 1 aromatic carbocycles. The van der Waals surface area contributed by atoms with Crippen LogP contribution in [0.3, 0.4) is 0 Å². The molecule has 0 unspecified atom stereocenters. The number of aryl methyl sites for hydroxylation is 1.